The maximum atomic E-state index is 12.8. The molecule has 1 N–H and O–H groups in total. The first kappa shape index (κ1) is 14.7. The summed E-state index contributed by atoms with van der Waals surface area (Å²) in [6.45, 7) is 2.70. The fourth-order valence-corrected chi connectivity index (χ4v) is 2.68. The number of nitrogens with one attached hydrogen (secondary N) is 1. The minimum atomic E-state index is -4.18. The number of hydrogen-bond acceptors (Lipinski definition) is 3. The van der Waals surface area contributed by atoms with Gasteiger partial charge in [0.15, 0.2) is 0 Å². The maximum Gasteiger partial charge on any atom is 0.390 e. The summed E-state index contributed by atoms with van der Waals surface area (Å²) in [5.74, 6) is 0. The van der Waals surface area contributed by atoms with E-state index in [0.717, 1.165) is 13.1 Å². The Morgan fingerprint density at radius 3 is 2.63 bits per heavy atom. The van der Waals surface area contributed by atoms with Crippen molar-refractivity contribution in [3.05, 3.63) is 28.5 Å². The van der Waals surface area contributed by atoms with Crippen molar-refractivity contribution in [2.45, 2.75) is 18.6 Å². The summed E-state index contributed by atoms with van der Waals surface area (Å²) >= 11 is 3.21. The van der Waals surface area contributed by atoms with Crippen LogP contribution in [0.1, 0.15) is 18.0 Å². The Morgan fingerprint density at radius 2 is 2.05 bits per heavy atom. The second-order valence-electron chi connectivity index (χ2n) is 4.53. The third-order valence-electron chi connectivity index (χ3n) is 3.15. The van der Waals surface area contributed by atoms with Gasteiger partial charge in [0.1, 0.15) is 4.60 Å². The van der Waals surface area contributed by atoms with Crippen LogP contribution < -0.4 is 5.32 Å². The molecule has 1 aromatic rings. The van der Waals surface area contributed by atoms with Crippen LogP contribution in [0.2, 0.25) is 0 Å². The van der Waals surface area contributed by atoms with Crippen LogP contribution in [-0.4, -0.2) is 42.2 Å². The number of nitrogens with zero attached hydrogens (tertiary/aromatic N) is 2. The Hall–Kier alpha value is -0.660. The van der Waals surface area contributed by atoms with E-state index in [0.29, 0.717) is 23.3 Å². The van der Waals surface area contributed by atoms with Crippen LogP contribution in [-0.2, 0) is 0 Å². The Labute approximate surface area is 118 Å². The zero-order chi connectivity index (χ0) is 13.9. The molecule has 0 unspecified atom stereocenters. The molecule has 0 saturated carbocycles. The molecule has 106 valence electrons. The first-order valence-electron chi connectivity index (χ1n) is 6.09. The second kappa shape index (κ2) is 6.19. The summed E-state index contributed by atoms with van der Waals surface area (Å²) in [5, 5.41) is 3.15. The summed E-state index contributed by atoms with van der Waals surface area (Å²) in [6.07, 6.45) is -3.47. The van der Waals surface area contributed by atoms with Crippen molar-refractivity contribution < 1.29 is 13.2 Å². The smallest absolute Gasteiger partial charge is 0.314 e. The van der Waals surface area contributed by atoms with Gasteiger partial charge >= 0.3 is 6.18 Å². The minimum Gasteiger partial charge on any atom is -0.314 e. The van der Waals surface area contributed by atoms with Gasteiger partial charge in [-0.25, -0.2) is 4.98 Å². The van der Waals surface area contributed by atoms with Gasteiger partial charge in [0.2, 0.25) is 0 Å². The van der Waals surface area contributed by atoms with Crippen LogP contribution in [0.3, 0.4) is 0 Å². The van der Waals surface area contributed by atoms with Crippen molar-refractivity contribution in [2.75, 3.05) is 26.2 Å². The number of hydrogen-bond donors (Lipinski definition) is 1. The van der Waals surface area contributed by atoms with E-state index in [1.54, 1.807) is 12.1 Å². The highest BCUT2D eigenvalue weighted by molar-refractivity contribution is 9.10. The molecule has 1 saturated heterocycles. The molecule has 0 aliphatic carbocycles. The highest BCUT2D eigenvalue weighted by Crippen LogP contribution is 2.34. The van der Waals surface area contributed by atoms with Gasteiger partial charge in [-0.1, -0.05) is 0 Å². The molecule has 19 heavy (non-hydrogen) atoms. The lowest BCUT2D eigenvalue weighted by molar-refractivity contribution is -0.148. The van der Waals surface area contributed by atoms with Crippen LogP contribution in [0.15, 0.2) is 22.9 Å². The van der Waals surface area contributed by atoms with E-state index in [1.807, 2.05) is 4.90 Å². The van der Waals surface area contributed by atoms with Crippen LogP contribution in [0.25, 0.3) is 0 Å². The van der Waals surface area contributed by atoms with Gasteiger partial charge in [0.05, 0.1) is 6.42 Å². The summed E-state index contributed by atoms with van der Waals surface area (Å²) in [4.78, 5) is 5.85. The van der Waals surface area contributed by atoms with Gasteiger partial charge in [-0.05, 0) is 33.6 Å². The molecule has 1 atom stereocenters. The zero-order valence-electron chi connectivity index (χ0n) is 10.3. The molecule has 3 nitrogen and oxygen atoms in total. The van der Waals surface area contributed by atoms with Crippen molar-refractivity contribution in [3.8, 4) is 0 Å². The number of aromatic nitrogens is 1. The third kappa shape index (κ3) is 4.43. The summed E-state index contributed by atoms with van der Waals surface area (Å²) in [5.41, 5.74) is 0.654. The van der Waals surface area contributed by atoms with Gasteiger partial charge in [0, 0.05) is 38.4 Å². The molecule has 2 rings (SSSR count). The summed E-state index contributed by atoms with van der Waals surface area (Å²) in [7, 11) is 0. The monoisotopic (exact) mass is 337 g/mol. The van der Waals surface area contributed by atoms with Crippen molar-refractivity contribution in [1.82, 2.24) is 15.2 Å². The van der Waals surface area contributed by atoms with Gasteiger partial charge in [-0.2, -0.15) is 13.2 Å². The number of alkyl halides is 3. The first-order chi connectivity index (χ1) is 8.96. The van der Waals surface area contributed by atoms with Gasteiger partial charge in [0.25, 0.3) is 0 Å². The molecule has 0 aromatic carbocycles. The predicted octanol–water partition coefficient (Wildman–Crippen LogP) is 2.74. The quantitative estimate of drug-likeness (QED) is 0.859. The Balaban J connectivity index is 2.22. The largest absolute Gasteiger partial charge is 0.390 e. The van der Waals surface area contributed by atoms with Crippen LogP contribution in [0, 0.1) is 0 Å². The molecule has 7 heteroatoms. The van der Waals surface area contributed by atoms with Crippen molar-refractivity contribution in [3.63, 3.8) is 0 Å². The average Bonchev–Trinajstić information content (AvgIpc) is 2.36. The molecule has 1 aromatic heterocycles. The van der Waals surface area contributed by atoms with Crippen molar-refractivity contribution >= 4 is 15.9 Å². The molecule has 0 amide bonds. The Kier molecular flexibility index (Phi) is 4.81. The molecule has 1 aliphatic heterocycles. The lowest BCUT2D eigenvalue weighted by Gasteiger charge is -2.35. The molecule has 2 heterocycles. The molecular formula is C12H15BrF3N3. The molecule has 1 fully saturated rings. The van der Waals surface area contributed by atoms with E-state index in [-0.39, 0.29) is 0 Å². The second-order valence-corrected chi connectivity index (χ2v) is 5.35. The Morgan fingerprint density at radius 1 is 1.37 bits per heavy atom. The topological polar surface area (TPSA) is 28.2 Å². The van der Waals surface area contributed by atoms with Gasteiger partial charge in [-0.15, -0.1) is 0 Å². The fourth-order valence-electron chi connectivity index (χ4n) is 2.30. The number of piperazine rings is 1. The normalized spacial score (nSPS) is 19.4. The number of halogens is 4. The van der Waals surface area contributed by atoms with Gasteiger partial charge in [-0.3, -0.25) is 4.90 Å². The van der Waals surface area contributed by atoms with E-state index in [9.17, 15) is 13.2 Å². The molecular weight excluding hydrogens is 323 g/mol. The summed E-state index contributed by atoms with van der Waals surface area (Å²) in [6, 6.07) is 2.68. The first-order valence-corrected chi connectivity index (χ1v) is 6.88. The highest BCUT2D eigenvalue weighted by Gasteiger charge is 2.36. The third-order valence-corrected chi connectivity index (χ3v) is 3.59. The lowest BCUT2D eigenvalue weighted by Crippen LogP contribution is -2.46. The van der Waals surface area contributed by atoms with Crippen molar-refractivity contribution in [2.24, 2.45) is 0 Å². The minimum absolute atomic E-state index is 0.562. The molecule has 0 bridgehead atoms. The van der Waals surface area contributed by atoms with Crippen LogP contribution >= 0.6 is 15.9 Å². The standard InChI is InChI=1S/C12H15BrF3N3/c13-11-7-9(1-2-18-11)10(8-12(14,15)16)19-5-3-17-4-6-19/h1-2,7,10,17H,3-6,8H2/t10-/m0/s1. The van der Waals surface area contributed by atoms with Crippen LogP contribution in [0.4, 0.5) is 13.2 Å². The SMILES string of the molecule is FC(F)(F)C[C@@H](c1ccnc(Br)c1)N1CCNCC1. The van der Waals surface area contributed by atoms with Gasteiger partial charge < -0.3 is 5.32 Å². The van der Waals surface area contributed by atoms with E-state index in [2.05, 4.69) is 26.2 Å². The average molecular weight is 338 g/mol. The van der Waals surface area contributed by atoms with Crippen molar-refractivity contribution in [1.29, 1.82) is 0 Å². The predicted molar refractivity (Wildman–Crippen MR) is 69.8 cm³/mol. The molecule has 0 spiro atoms. The lowest BCUT2D eigenvalue weighted by atomic mass is 10.0. The maximum absolute atomic E-state index is 12.8. The van der Waals surface area contributed by atoms with E-state index < -0.39 is 18.6 Å². The van der Waals surface area contributed by atoms with E-state index in [4.69, 9.17) is 0 Å². The number of pyridine rings is 1. The van der Waals surface area contributed by atoms with Crippen LogP contribution in [0.5, 0.6) is 0 Å². The summed E-state index contributed by atoms with van der Waals surface area (Å²) < 4.78 is 38.9. The fraction of sp³-hybridized carbons (Fsp3) is 0.583. The highest BCUT2D eigenvalue weighted by atomic mass is 79.9. The van der Waals surface area contributed by atoms with E-state index in [1.165, 1.54) is 6.20 Å². The molecule has 0 radical (unpaired) electrons. The Bertz CT molecular complexity index is 419. The zero-order valence-corrected chi connectivity index (χ0v) is 11.8. The number of rotatable bonds is 3. The molecule has 1 aliphatic rings. The van der Waals surface area contributed by atoms with E-state index >= 15 is 0 Å².